The maximum Gasteiger partial charge on any atom is 0.573 e. The first-order valence-electron chi connectivity index (χ1n) is 10.3. The van der Waals surface area contributed by atoms with Crippen LogP contribution >= 0.6 is 0 Å². The lowest BCUT2D eigenvalue weighted by atomic mass is 9.92. The van der Waals surface area contributed by atoms with Gasteiger partial charge in [-0.1, -0.05) is 6.92 Å². The van der Waals surface area contributed by atoms with E-state index in [-0.39, 0.29) is 5.69 Å². The van der Waals surface area contributed by atoms with Crippen LogP contribution in [0.1, 0.15) is 18.4 Å². The van der Waals surface area contributed by atoms with Gasteiger partial charge >= 0.3 is 12.4 Å². The van der Waals surface area contributed by atoms with E-state index in [1.54, 1.807) is 26.3 Å². The number of carbonyl (C=O) groups excluding carboxylic acids is 2. The number of imide groups is 1. The lowest BCUT2D eigenvalue weighted by Crippen LogP contribution is -2.34. The van der Waals surface area contributed by atoms with E-state index in [2.05, 4.69) is 15.0 Å². The molecule has 10 heteroatoms. The van der Waals surface area contributed by atoms with Crippen molar-refractivity contribution in [2.75, 3.05) is 12.0 Å². The number of nitrogens with zero attached hydrogens (tertiary/aromatic N) is 2. The Hall–Kier alpha value is -4.08. The summed E-state index contributed by atoms with van der Waals surface area (Å²) in [5.74, 6) is -0.638. The molecule has 0 saturated carbocycles. The van der Waals surface area contributed by atoms with Gasteiger partial charge in [0.1, 0.15) is 17.5 Å². The molecule has 0 aliphatic carbocycles. The van der Waals surface area contributed by atoms with E-state index >= 15 is 0 Å². The van der Waals surface area contributed by atoms with Gasteiger partial charge in [0, 0.05) is 17.7 Å². The van der Waals surface area contributed by atoms with Gasteiger partial charge in [-0.3, -0.25) is 9.78 Å². The van der Waals surface area contributed by atoms with Crippen molar-refractivity contribution in [1.29, 1.82) is 0 Å². The summed E-state index contributed by atoms with van der Waals surface area (Å²) in [5, 5.41) is 2.67. The average Bonchev–Trinajstić information content (AvgIpc) is 3.12. The van der Waals surface area contributed by atoms with Crippen LogP contribution in [0, 0.1) is 0 Å². The molecule has 0 bridgehead atoms. The van der Waals surface area contributed by atoms with E-state index in [9.17, 15) is 22.8 Å². The molecule has 1 aliphatic rings. The Kier molecular flexibility index (Phi) is 6.14. The van der Waals surface area contributed by atoms with Gasteiger partial charge in [-0.25, -0.2) is 9.69 Å². The van der Waals surface area contributed by atoms with E-state index in [1.807, 2.05) is 30.3 Å². The van der Waals surface area contributed by atoms with Crippen LogP contribution in [-0.2, 0) is 4.79 Å². The van der Waals surface area contributed by atoms with Gasteiger partial charge in [0.2, 0.25) is 0 Å². The second-order valence-electron chi connectivity index (χ2n) is 7.63. The average molecular weight is 471 g/mol. The highest BCUT2D eigenvalue weighted by atomic mass is 19.4. The maximum atomic E-state index is 13.1. The molecule has 7 nitrogen and oxygen atoms in total. The van der Waals surface area contributed by atoms with Crippen LogP contribution in [-0.4, -0.2) is 36.4 Å². The number of aromatic nitrogens is 1. The molecular weight excluding hydrogens is 451 g/mol. The first-order valence-corrected chi connectivity index (χ1v) is 10.3. The Morgan fingerprint density at radius 1 is 1.00 bits per heavy atom. The SMILES string of the molecule is COc1ccc(-c2cc(C(C)C3NC(=O)N(c4ccc(OC(F)(F)F)cc4)C3=O)ccn2)cc1. The predicted molar refractivity (Wildman–Crippen MR) is 118 cm³/mol. The molecule has 0 radical (unpaired) electrons. The first kappa shape index (κ1) is 23.1. The van der Waals surface area contributed by atoms with Gasteiger partial charge in [-0.15, -0.1) is 13.2 Å². The fraction of sp³-hybridized carbons (Fsp3) is 0.208. The second kappa shape index (κ2) is 9.05. The van der Waals surface area contributed by atoms with Crippen LogP contribution < -0.4 is 19.7 Å². The third-order valence-electron chi connectivity index (χ3n) is 5.49. The Morgan fingerprint density at radius 3 is 2.26 bits per heavy atom. The molecule has 1 fully saturated rings. The number of methoxy groups -OCH3 is 1. The molecule has 2 atom stereocenters. The number of pyridine rings is 1. The lowest BCUT2D eigenvalue weighted by molar-refractivity contribution is -0.274. The number of amides is 3. The van der Waals surface area contributed by atoms with E-state index in [1.165, 1.54) is 12.1 Å². The second-order valence-corrected chi connectivity index (χ2v) is 7.63. The van der Waals surface area contributed by atoms with Gasteiger partial charge in [0.05, 0.1) is 18.5 Å². The molecule has 4 rings (SSSR count). The van der Waals surface area contributed by atoms with Crippen molar-refractivity contribution >= 4 is 17.6 Å². The molecule has 1 aromatic heterocycles. The number of hydrogen-bond acceptors (Lipinski definition) is 5. The summed E-state index contributed by atoms with van der Waals surface area (Å²) in [5.41, 5.74) is 2.48. The topological polar surface area (TPSA) is 80.8 Å². The standard InChI is InChI=1S/C24H20F3N3O4/c1-14(16-11-12-28-20(13-16)15-3-7-18(33-2)8-4-15)21-22(31)30(23(32)29-21)17-5-9-19(10-6-17)34-24(25,26)27/h3-14,21H,1-2H3,(H,29,32). The third-order valence-corrected chi connectivity index (χ3v) is 5.49. The number of carbonyl (C=O) groups is 2. The number of anilines is 1. The van der Waals surface area contributed by atoms with Crippen LogP contribution in [0.15, 0.2) is 66.9 Å². The summed E-state index contributed by atoms with van der Waals surface area (Å²) in [6.07, 6.45) is -3.21. The highest BCUT2D eigenvalue weighted by Gasteiger charge is 2.42. The number of nitrogens with one attached hydrogen (secondary N) is 1. The van der Waals surface area contributed by atoms with Gasteiger partial charge < -0.3 is 14.8 Å². The summed E-state index contributed by atoms with van der Waals surface area (Å²) in [6, 6.07) is 14.0. The van der Waals surface area contributed by atoms with E-state index in [4.69, 9.17) is 4.74 Å². The van der Waals surface area contributed by atoms with Crippen molar-refractivity contribution < 1.29 is 32.2 Å². The number of hydrogen-bond donors (Lipinski definition) is 1. The molecule has 34 heavy (non-hydrogen) atoms. The predicted octanol–water partition coefficient (Wildman–Crippen LogP) is 4.88. The fourth-order valence-electron chi connectivity index (χ4n) is 3.72. The van der Waals surface area contributed by atoms with E-state index in [0.717, 1.165) is 28.2 Å². The number of urea groups is 1. The quantitative estimate of drug-likeness (QED) is 0.518. The fourth-order valence-corrected chi connectivity index (χ4v) is 3.72. The number of ether oxygens (including phenoxy) is 2. The van der Waals surface area contributed by atoms with Crippen molar-refractivity contribution in [3.05, 3.63) is 72.4 Å². The normalized spacial score (nSPS) is 16.9. The monoisotopic (exact) mass is 471 g/mol. The smallest absolute Gasteiger partial charge is 0.497 e. The number of alkyl halides is 3. The Labute approximate surface area is 193 Å². The van der Waals surface area contributed by atoms with E-state index in [0.29, 0.717) is 11.4 Å². The summed E-state index contributed by atoms with van der Waals surface area (Å²) in [6.45, 7) is 1.81. The van der Waals surface area contributed by atoms with Crippen molar-refractivity contribution in [3.63, 3.8) is 0 Å². The minimum absolute atomic E-state index is 0.139. The Balaban J connectivity index is 1.53. The number of benzene rings is 2. The molecule has 1 aliphatic heterocycles. The largest absolute Gasteiger partial charge is 0.573 e. The summed E-state index contributed by atoms with van der Waals surface area (Å²) in [4.78, 5) is 30.9. The molecule has 2 aromatic carbocycles. The molecule has 1 saturated heterocycles. The Morgan fingerprint density at radius 2 is 1.65 bits per heavy atom. The van der Waals surface area contributed by atoms with Crippen molar-refractivity contribution in [3.8, 4) is 22.8 Å². The van der Waals surface area contributed by atoms with Gasteiger partial charge in [-0.2, -0.15) is 0 Å². The summed E-state index contributed by atoms with van der Waals surface area (Å²) < 4.78 is 46.1. The maximum absolute atomic E-state index is 13.1. The zero-order valence-corrected chi connectivity index (χ0v) is 18.2. The zero-order valence-electron chi connectivity index (χ0n) is 18.2. The number of rotatable bonds is 6. The first-order chi connectivity index (χ1) is 16.2. The van der Waals surface area contributed by atoms with Crippen LogP contribution in [0.25, 0.3) is 11.3 Å². The van der Waals surface area contributed by atoms with Crippen molar-refractivity contribution in [2.45, 2.75) is 25.2 Å². The molecule has 3 amide bonds. The lowest BCUT2D eigenvalue weighted by Gasteiger charge is -2.19. The molecule has 176 valence electrons. The molecule has 1 N–H and O–H groups in total. The van der Waals surface area contributed by atoms with Gasteiger partial charge in [-0.05, 0) is 66.2 Å². The highest BCUT2D eigenvalue weighted by Crippen LogP contribution is 2.31. The highest BCUT2D eigenvalue weighted by molar-refractivity contribution is 6.21. The zero-order chi connectivity index (χ0) is 24.5. The summed E-state index contributed by atoms with van der Waals surface area (Å²) >= 11 is 0. The molecule has 2 unspecified atom stereocenters. The van der Waals surface area contributed by atoms with Crippen molar-refractivity contribution in [2.24, 2.45) is 0 Å². The Bertz CT molecular complexity index is 1200. The molecular formula is C24H20F3N3O4. The summed E-state index contributed by atoms with van der Waals surface area (Å²) in [7, 11) is 1.58. The van der Waals surface area contributed by atoms with Crippen LogP contribution in [0.3, 0.4) is 0 Å². The van der Waals surface area contributed by atoms with Crippen molar-refractivity contribution in [1.82, 2.24) is 10.3 Å². The molecule has 3 aromatic rings. The van der Waals surface area contributed by atoms with Crippen LogP contribution in [0.2, 0.25) is 0 Å². The van der Waals surface area contributed by atoms with Gasteiger partial charge in [0.25, 0.3) is 5.91 Å². The van der Waals surface area contributed by atoms with Crippen LogP contribution in [0.5, 0.6) is 11.5 Å². The molecule has 2 heterocycles. The minimum atomic E-state index is -4.84. The number of halogens is 3. The van der Waals surface area contributed by atoms with E-state index < -0.39 is 36.0 Å². The van der Waals surface area contributed by atoms with Crippen LogP contribution in [0.4, 0.5) is 23.7 Å². The third kappa shape index (κ3) is 4.80. The minimum Gasteiger partial charge on any atom is -0.497 e. The molecule has 0 spiro atoms. The van der Waals surface area contributed by atoms with Gasteiger partial charge in [0.15, 0.2) is 0 Å².